The van der Waals surface area contributed by atoms with Crippen molar-refractivity contribution in [2.24, 2.45) is 11.7 Å². The van der Waals surface area contributed by atoms with Gasteiger partial charge in [-0.25, -0.2) is 4.98 Å². The van der Waals surface area contributed by atoms with Crippen LogP contribution in [0.1, 0.15) is 39.3 Å². The summed E-state index contributed by atoms with van der Waals surface area (Å²) in [5.74, 6) is -2.35. The molecule has 0 aliphatic heterocycles. The van der Waals surface area contributed by atoms with Crippen molar-refractivity contribution in [3.05, 3.63) is 18.2 Å². The number of aliphatic carboxylic acids is 1. The Morgan fingerprint density at radius 3 is 2.38 bits per heavy atom. The summed E-state index contributed by atoms with van der Waals surface area (Å²) < 4.78 is 0. The van der Waals surface area contributed by atoms with E-state index in [0.717, 1.165) is 0 Å². The zero-order valence-corrected chi connectivity index (χ0v) is 19.7. The molecule has 0 radical (unpaired) electrons. The number of H-pyrrole nitrogens is 1. The molecule has 1 rings (SSSR count). The lowest BCUT2D eigenvalue weighted by Gasteiger charge is -2.27. The number of nitrogens with one attached hydrogen (secondary N) is 4. The van der Waals surface area contributed by atoms with E-state index >= 15 is 0 Å². The lowest BCUT2D eigenvalue weighted by molar-refractivity contribution is -0.141. The minimum absolute atomic E-state index is 0.0678. The number of amides is 3. The minimum atomic E-state index is -1.20. The van der Waals surface area contributed by atoms with Crippen LogP contribution in [0.2, 0.25) is 0 Å². The van der Waals surface area contributed by atoms with Gasteiger partial charge in [-0.3, -0.25) is 19.2 Å². The highest BCUT2D eigenvalue weighted by Gasteiger charge is 2.32. The van der Waals surface area contributed by atoms with Gasteiger partial charge < -0.3 is 31.8 Å². The summed E-state index contributed by atoms with van der Waals surface area (Å²) in [5.41, 5.74) is 6.51. The third kappa shape index (κ3) is 8.87. The van der Waals surface area contributed by atoms with Crippen LogP contribution in [0.4, 0.5) is 0 Å². The van der Waals surface area contributed by atoms with E-state index in [-0.39, 0.29) is 12.3 Å². The number of carboxylic acid groups (broad SMARTS) is 1. The van der Waals surface area contributed by atoms with E-state index in [1.807, 2.05) is 20.1 Å². The minimum Gasteiger partial charge on any atom is -0.480 e. The van der Waals surface area contributed by atoms with Gasteiger partial charge in [0.25, 0.3) is 0 Å². The van der Waals surface area contributed by atoms with E-state index in [0.29, 0.717) is 24.3 Å². The third-order valence-electron chi connectivity index (χ3n) is 5.10. The number of thioether (sulfide) groups is 1. The lowest BCUT2D eigenvalue weighted by Crippen LogP contribution is -2.59. The fourth-order valence-corrected chi connectivity index (χ4v) is 3.29. The maximum absolute atomic E-state index is 13.1. The largest absolute Gasteiger partial charge is 0.480 e. The van der Waals surface area contributed by atoms with Crippen molar-refractivity contribution in [2.75, 3.05) is 12.0 Å². The third-order valence-corrected chi connectivity index (χ3v) is 5.75. The molecule has 0 spiro atoms. The van der Waals surface area contributed by atoms with E-state index in [1.54, 1.807) is 11.8 Å². The topological polar surface area (TPSA) is 179 Å². The molecule has 7 N–H and O–H groups in total. The van der Waals surface area contributed by atoms with Crippen molar-refractivity contribution in [1.29, 1.82) is 0 Å². The average molecular weight is 471 g/mol. The Morgan fingerprint density at radius 1 is 1.16 bits per heavy atom. The Hall–Kier alpha value is -2.60. The standard InChI is InChI=1S/C20H34N6O5S/c1-5-11(2)16(26-17(27)14(21)6-7-32-4)19(29)25-15(8-13-9-22-10-23-13)18(28)24-12(3)20(30)31/h9-12,14-16H,5-8,21H2,1-4H3,(H,22,23)(H,24,28)(H,25,29)(H,26,27)(H,30,31). The van der Waals surface area contributed by atoms with Crippen LogP contribution in [0.25, 0.3) is 0 Å². The molecule has 1 aromatic rings. The van der Waals surface area contributed by atoms with Gasteiger partial charge in [0.05, 0.1) is 12.4 Å². The maximum Gasteiger partial charge on any atom is 0.325 e. The van der Waals surface area contributed by atoms with E-state index in [2.05, 4.69) is 25.9 Å². The number of carbonyl (C=O) groups is 4. The molecule has 180 valence electrons. The molecule has 3 amide bonds. The molecule has 12 heteroatoms. The van der Waals surface area contributed by atoms with Crippen LogP contribution in [0.5, 0.6) is 0 Å². The predicted octanol–water partition coefficient (Wildman–Crippen LogP) is -0.362. The van der Waals surface area contributed by atoms with E-state index < -0.39 is 47.9 Å². The second-order valence-electron chi connectivity index (χ2n) is 7.67. The van der Waals surface area contributed by atoms with Gasteiger partial charge in [-0.15, -0.1) is 0 Å². The van der Waals surface area contributed by atoms with Crippen molar-refractivity contribution in [3.63, 3.8) is 0 Å². The molecule has 1 aromatic heterocycles. The SMILES string of the molecule is CCC(C)C(NC(=O)C(N)CCSC)C(=O)NC(Cc1cnc[nH]1)C(=O)NC(C)C(=O)O. The van der Waals surface area contributed by atoms with Crippen LogP contribution < -0.4 is 21.7 Å². The highest BCUT2D eigenvalue weighted by atomic mass is 32.2. The molecule has 0 saturated heterocycles. The Balaban J connectivity index is 2.98. The van der Waals surface area contributed by atoms with Crippen molar-refractivity contribution in [3.8, 4) is 0 Å². The first-order valence-electron chi connectivity index (χ1n) is 10.5. The van der Waals surface area contributed by atoms with Gasteiger partial charge in [0, 0.05) is 18.3 Å². The van der Waals surface area contributed by atoms with Crippen molar-refractivity contribution >= 4 is 35.5 Å². The molecule has 5 unspecified atom stereocenters. The monoisotopic (exact) mass is 470 g/mol. The first-order valence-corrected chi connectivity index (χ1v) is 11.9. The number of hydrogen-bond acceptors (Lipinski definition) is 7. The summed E-state index contributed by atoms with van der Waals surface area (Å²) in [5, 5.41) is 16.8. The predicted molar refractivity (Wildman–Crippen MR) is 122 cm³/mol. The highest BCUT2D eigenvalue weighted by Crippen LogP contribution is 2.10. The van der Waals surface area contributed by atoms with Gasteiger partial charge in [0.15, 0.2) is 0 Å². The van der Waals surface area contributed by atoms with Gasteiger partial charge in [0.2, 0.25) is 17.7 Å². The molecule has 0 fully saturated rings. The molecular formula is C20H34N6O5S. The van der Waals surface area contributed by atoms with Gasteiger partial charge >= 0.3 is 5.97 Å². The van der Waals surface area contributed by atoms with Crippen molar-refractivity contribution in [1.82, 2.24) is 25.9 Å². The maximum atomic E-state index is 13.1. The number of aromatic nitrogens is 2. The van der Waals surface area contributed by atoms with E-state index in [9.17, 15) is 19.2 Å². The van der Waals surface area contributed by atoms with Crippen molar-refractivity contribution < 1.29 is 24.3 Å². The zero-order chi connectivity index (χ0) is 24.3. The van der Waals surface area contributed by atoms with Crippen LogP contribution in [-0.4, -0.2) is 74.9 Å². The lowest BCUT2D eigenvalue weighted by atomic mass is 9.97. The molecule has 0 aromatic carbocycles. The molecule has 32 heavy (non-hydrogen) atoms. The quantitative estimate of drug-likeness (QED) is 0.213. The second kappa shape index (κ2) is 13.7. The fraction of sp³-hybridized carbons (Fsp3) is 0.650. The van der Waals surface area contributed by atoms with Crippen LogP contribution in [-0.2, 0) is 25.6 Å². The normalized spacial score (nSPS) is 15.7. The molecule has 1 heterocycles. The summed E-state index contributed by atoms with van der Waals surface area (Å²) in [7, 11) is 0. The van der Waals surface area contributed by atoms with Crippen LogP contribution >= 0.6 is 11.8 Å². The summed E-state index contributed by atoms with van der Waals surface area (Å²) in [4.78, 5) is 56.1. The summed E-state index contributed by atoms with van der Waals surface area (Å²) in [6.07, 6.45) is 6.00. The van der Waals surface area contributed by atoms with E-state index in [4.69, 9.17) is 10.8 Å². The second-order valence-corrected chi connectivity index (χ2v) is 8.66. The smallest absolute Gasteiger partial charge is 0.325 e. The van der Waals surface area contributed by atoms with E-state index in [1.165, 1.54) is 19.4 Å². The van der Waals surface area contributed by atoms with Crippen LogP contribution in [0.15, 0.2) is 12.5 Å². The first-order chi connectivity index (χ1) is 15.1. The number of imidazole rings is 1. The summed E-state index contributed by atoms with van der Waals surface area (Å²) >= 11 is 1.57. The Morgan fingerprint density at radius 2 is 1.84 bits per heavy atom. The first kappa shape index (κ1) is 27.4. The molecule has 0 aliphatic carbocycles. The average Bonchev–Trinajstić information content (AvgIpc) is 3.27. The summed E-state index contributed by atoms with van der Waals surface area (Å²) in [6, 6.07) is -3.86. The van der Waals surface area contributed by atoms with Gasteiger partial charge in [0.1, 0.15) is 18.1 Å². The molecule has 0 aliphatic rings. The Labute approximate surface area is 192 Å². The molecular weight excluding hydrogens is 436 g/mol. The number of nitrogens with zero attached hydrogens (tertiary/aromatic N) is 1. The number of aromatic amines is 1. The highest BCUT2D eigenvalue weighted by molar-refractivity contribution is 7.98. The molecule has 5 atom stereocenters. The molecule has 0 bridgehead atoms. The Kier molecular flexibility index (Phi) is 11.8. The van der Waals surface area contributed by atoms with Gasteiger partial charge in [-0.2, -0.15) is 11.8 Å². The van der Waals surface area contributed by atoms with Gasteiger partial charge in [-0.05, 0) is 31.3 Å². The number of carboxylic acids is 1. The van der Waals surface area contributed by atoms with Crippen molar-refractivity contribution in [2.45, 2.75) is 64.2 Å². The number of hydrogen-bond donors (Lipinski definition) is 6. The number of carbonyl (C=O) groups excluding carboxylic acids is 3. The summed E-state index contributed by atoms with van der Waals surface area (Å²) in [6.45, 7) is 5.02. The number of rotatable bonds is 14. The zero-order valence-electron chi connectivity index (χ0n) is 18.9. The number of nitrogens with two attached hydrogens (primary N) is 1. The molecule has 11 nitrogen and oxygen atoms in total. The fourth-order valence-electron chi connectivity index (χ4n) is 2.80. The van der Waals surface area contributed by atoms with Crippen LogP contribution in [0, 0.1) is 5.92 Å². The van der Waals surface area contributed by atoms with Crippen LogP contribution in [0.3, 0.4) is 0 Å². The Bertz CT molecular complexity index is 760. The molecule has 0 saturated carbocycles. The van der Waals surface area contributed by atoms with Gasteiger partial charge in [-0.1, -0.05) is 20.3 Å².